The van der Waals surface area contributed by atoms with Gasteiger partial charge in [-0.25, -0.2) is 0 Å². The fraction of sp³-hybridized carbons (Fsp3) is 0.750. The summed E-state index contributed by atoms with van der Waals surface area (Å²) in [6.45, 7) is 4.90. The number of allylic oxidation sites excluding steroid dienone is 1. The highest BCUT2D eigenvalue weighted by atomic mass is 16.7. The molecular formula is C16H24N2O4. The number of epoxide rings is 2. The van der Waals surface area contributed by atoms with Gasteiger partial charge in [0.1, 0.15) is 24.4 Å². The average molecular weight is 308 g/mol. The molecule has 3 saturated heterocycles. The summed E-state index contributed by atoms with van der Waals surface area (Å²) in [7, 11) is 0. The molecule has 6 heteroatoms. The molecule has 22 heavy (non-hydrogen) atoms. The minimum absolute atomic E-state index is 0.0197. The number of carbonyl (C=O) groups excluding carboxylic acids is 2. The van der Waals surface area contributed by atoms with Gasteiger partial charge in [0.05, 0.1) is 0 Å². The van der Waals surface area contributed by atoms with Crippen molar-refractivity contribution in [1.29, 1.82) is 0 Å². The highest BCUT2D eigenvalue weighted by molar-refractivity contribution is 5.90. The van der Waals surface area contributed by atoms with Crippen molar-refractivity contribution in [3.8, 4) is 0 Å². The number of rotatable bonds is 5. The number of carbonyl (C=O) groups is 2. The van der Waals surface area contributed by atoms with Crippen molar-refractivity contribution < 1.29 is 19.1 Å². The molecule has 0 aliphatic carbocycles. The predicted molar refractivity (Wildman–Crippen MR) is 80.1 cm³/mol. The molecule has 0 radical (unpaired) electrons. The minimum atomic E-state index is -0.474. The van der Waals surface area contributed by atoms with Crippen LogP contribution in [0.5, 0.6) is 0 Å². The second-order valence-electron chi connectivity index (χ2n) is 6.56. The maximum Gasteiger partial charge on any atom is 0.252 e. The van der Waals surface area contributed by atoms with Crippen molar-refractivity contribution in [2.24, 2.45) is 5.92 Å². The van der Waals surface area contributed by atoms with Crippen molar-refractivity contribution in [3.05, 3.63) is 12.2 Å². The van der Waals surface area contributed by atoms with E-state index >= 15 is 0 Å². The summed E-state index contributed by atoms with van der Waals surface area (Å²) in [6.07, 6.45) is 6.11. The molecule has 0 aromatic rings. The summed E-state index contributed by atoms with van der Waals surface area (Å²) in [6, 6.07) is -0.434. The van der Waals surface area contributed by atoms with E-state index in [-0.39, 0.29) is 30.1 Å². The van der Waals surface area contributed by atoms with Gasteiger partial charge >= 0.3 is 0 Å². The van der Waals surface area contributed by atoms with E-state index in [4.69, 9.17) is 9.47 Å². The van der Waals surface area contributed by atoms with Crippen LogP contribution in [0.2, 0.25) is 0 Å². The van der Waals surface area contributed by atoms with E-state index in [9.17, 15) is 9.59 Å². The largest absolute Gasteiger partial charge is 0.362 e. The predicted octanol–water partition coefficient (Wildman–Crippen LogP) is 0.518. The molecule has 2 amide bonds. The van der Waals surface area contributed by atoms with E-state index < -0.39 is 12.1 Å². The third-order valence-electron chi connectivity index (χ3n) is 4.21. The first-order chi connectivity index (χ1) is 10.6. The SMILES string of the molecule is CC(C)/C=C/[C@H]1O[C@@H]1[C@H]1O[C@@H]1C(=O)N[C@H]1CCCCNC1=O. The van der Waals surface area contributed by atoms with Crippen molar-refractivity contribution in [2.75, 3.05) is 6.54 Å². The lowest BCUT2D eigenvalue weighted by Crippen LogP contribution is -2.47. The third-order valence-corrected chi connectivity index (χ3v) is 4.21. The zero-order chi connectivity index (χ0) is 15.7. The van der Waals surface area contributed by atoms with Crippen LogP contribution in [0.3, 0.4) is 0 Å². The number of nitrogens with one attached hydrogen (secondary N) is 2. The maximum absolute atomic E-state index is 12.2. The van der Waals surface area contributed by atoms with Crippen LogP contribution in [0.15, 0.2) is 12.2 Å². The van der Waals surface area contributed by atoms with Gasteiger partial charge < -0.3 is 20.1 Å². The highest BCUT2D eigenvalue weighted by Gasteiger charge is 2.59. The van der Waals surface area contributed by atoms with Crippen LogP contribution >= 0.6 is 0 Å². The van der Waals surface area contributed by atoms with Gasteiger partial charge in [0.15, 0.2) is 6.10 Å². The Morgan fingerprint density at radius 1 is 1.32 bits per heavy atom. The first-order valence-corrected chi connectivity index (χ1v) is 8.13. The minimum Gasteiger partial charge on any atom is -0.362 e. The average Bonchev–Trinajstić information content (AvgIpc) is 3.34. The fourth-order valence-corrected chi connectivity index (χ4v) is 2.80. The highest BCUT2D eigenvalue weighted by Crippen LogP contribution is 2.39. The standard InChI is InChI=1S/C16H24N2O4/c1-9(2)6-7-11-12(21-11)13-14(22-13)16(20)18-10-5-3-4-8-17-15(10)19/h6-7,9-14H,3-5,8H2,1-2H3,(H,17,19)(H,18,20)/b7-6+/t10-,11+,12-,13+,14-/m0/s1. The van der Waals surface area contributed by atoms with E-state index in [1.165, 1.54) is 0 Å². The molecule has 3 rings (SSSR count). The van der Waals surface area contributed by atoms with Gasteiger partial charge in [-0.05, 0) is 25.2 Å². The van der Waals surface area contributed by atoms with Crippen molar-refractivity contribution in [3.63, 3.8) is 0 Å². The van der Waals surface area contributed by atoms with Crippen LogP contribution < -0.4 is 10.6 Å². The molecule has 6 nitrogen and oxygen atoms in total. The Kier molecular flexibility index (Phi) is 4.49. The summed E-state index contributed by atoms with van der Waals surface area (Å²) in [5.74, 6) is 0.190. The molecule has 0 bridgehead atoms. The molecule has 0 aromatic heterocycles. The second kappa shape index (κ2) is 6.38. The summed E-state index contributed by atoms with van der Waals surface area (Å²) < 4.78 is 11.0. The molecule has 122 valence electrons. The van der Waals surface area contributed by atoms with Crippen LogP contribution in [0.25, 0.3) is 0 Å². The van der Waals surface area contributed by atoms with Gasteiger partial charge in [-0.15, -0.1) is 0 Å². The molecule has 0 saturated carbocycles. The van der Waals surface area contributed by atoms with Crippen molar-refractivity contribution in [2.45, 2.75) is 63.6 Å². The van der Waals surface area contributed by atoms with Crippen molar-refractivity contribution >= 4 is 11.8 Å². The lowest BCUT2D eigenvalue weighted by Gasteiger charge is -2.14. The number of hydrogen-bond acceptors (Lipinski definition) is 4. The molecular weight excluding hydrogens is 284 g/mol. The first-order valence-electron chi connectivity index (χ1n) is 8.13. The zero-order valence-electron chi connectivity index (χ0n) is 13.1. The molecule has 0 aromatic carbocycles. The Balaban J connectivity index is 1.44. The Bertz CT molecular complexity index is 477. The lowest BCUT2D eigenvalue weighted by atomic mass is 10.1. The van der Waals surface area contributed by atoms with Gasteiger partial charge in [0.25, 0.3) is 5.91 Å². The van der Waals surface area contributed by atoms with Crippen LogP contribution in [0, 0.1) is 5.92 Å². The van der Waals surface area contributed by atoms with Gasteiger partial charge in [0.2, 0.25) is 5.91 Å². The topological polar surface area (TPSA) is 83.3 Å². The monoisotopic (exact) mass is 308 g/mol. The molecule has 3 heterocycles. The first kappa shape index (κ1) is 15.5. The Labute approximate surface area is 130 Å². The molecule has 3 fully saturated rings. The van der Waals surface area contributed by atoms with Crippen LogP contribution in [-0.2, 0) is 19.1 Å². The molecule has 2 N–H and O–H groups in total. The summed E-state index contributed by atoms with van der Waals surface area (Å²) in [5.41, 5.74) is 0. The second-order valence-corrected chi connectivity index (χ2v) is 6.56. The molecule has 3 aliphatic heterocycles. The van der Waals surface area contributed by atoms with Gasteiger partial charge in [-0.3, -0.25) is 9.59 Å². The third kappa shape index (κ3) is 3.67. The van der Waals surface area contributed by atoms with Crippen LogP contribution in [0.1, 0.15) is 33.1 Å². The summed E-state index contributed by atoms with van der Waals surface area (Å²) in [4.78, 5) is 24.0. The maximum atomic E-state index is 12.2. The quantitative estimate of drug-likeness (QED) is 0.573. The smallest absolute Gasteiger partial charge is 0.252 e. The van der Waals surface area contributed by atoms with E-state index in [0.717, 1.165) is 12.8 Å². The lowest BCUT2D eigenvalue weighted by molar-refractivity contribution is -0.129. The Morgan fingerprint density at radius 3 is 2.91 bits per heavy atom. The van der Waals surface area contributed by atoms with E-state index in [1.807, 2.05) is 6.08 Å². The van der Waals surface area contributed by atoms with E-state index in [0.29, 0.717) is 18.9 Å². The van der Waals surface area contributed by atoms with Crippen molar-refractivity contribution in [1.82, 2.24) is 10.6 Å². The molecule has 0 spiro atoms. The Morgan fingerprint density at radius 2 is 2.14 bits per heavy atom. The number of hydrogen-bond donors (Lipinski definition) is 2. The summed E-state index contributed by atoms with van der Waals surface area (Å²) >= 11 is 0. The molecule has 0 unspecified atom stereocenters. The molecule has 5 atom stereocenters. The number of ether oxygens (including phenoxy) is 2. The summed E-state index contributed by atoms with van der Waals surface area (Å²) in [5, 5.41) is 5.61. The zero-order valence-corrected chi connectivity index (χ0v) is 13.1. The van der Waals surface area contributed by atoms with Crippen LogP contribution in [0.4, 0.5) is 0 Å². The van der Waals surface area contributed by atoms with Gasteiger partial charge in [-0.1, -0.05) is 26.0 Å². The molecule has 3 aliphatic rings. The van der Waals surface area contributed by atoms with E-state index in [2.05, 4.69) is 30.6 Å². The van der Waals surface area contributed by atoms with Gasteiger partial charge in [-0.2, -0.15) is 0 Å². The van der Waals surface area contributed by atoms with Gasteiger partial charge in [0, 0.05) is 6.54 Å². The normalized spacial score (nSPS) is 37.8. The van der Waals surface area contributed by atoms with E-state index in [1.54, 1.807) is 0 Å². The van der Waals surface area contributed by atoms with Crippen LogP contribution in [-0.4, -0.2) is 48.8 Å². The fourth-order valence-electron chi connectivity index (χ4n) is 2.80. The Hall–Kier alpha value is -1.40. The number of amides is 2.